The van der Waals surface area contributed by atoms with E-state index in [0.717, 1.165) is 16.8 Å². The second-order valence-corrected chi connectivity index (χ2v) is 8.16. The van der Waals surface area contributed by atoms with E-state index in [4.69, 9.17) is 11.6 Å². The predicted octanol–water partition coefficient (Wildman–Crippen LogP) is 4.26. The van der Waals surface area contributed by atoms with Crippen LogP contribution in [-0.2, 0) is 4.79 Å². The average Bonchev–Trinajstić information content (AvgIpc) is 3.16. The number of carbonyl (C=O) groups is 2. The van der Waals surface area contributed by atoms with Crippen LogP contribution in [-0.4, -0.2) is 39.5 Å². The van der Waals surface area contributed by atoms with E-state index in [1.807, 2.05) is 34.9 Å². The number of benzene rings is 2. The smallest absolute Gasteiger partial charge is 0.321 e. The minimum Gasteiger partial charge on any atom is -0.341 e. The summed E-state index contributed by atoms with van der Waals surface area (Å²) in [6, 6.07) is 14.8. The number of rotatable bonds is 6. The monoisotopic (exact) mass is 443 g/mol. The third-order valence-corrected chi connectivity index (χ3v) is 5.53. The Morgan fingerprint density at radius 1 is 1.10 bits per heavy atom. The molecule has 2 N–H and O–H groups in total. The molecule has 3 rings (SSSR count). The summed E-state index contributed by atoms with van der Waals surface area (Å²) in [6.07, 6.45) is 0. The molecule has 1 aromatic heterocycles. The summed E-state index contributed by atoms with van der Waals surface area (Å²) in [5.41, 5.74) is 2.92. The lowest BCUT2D eigenvalue weighted by Gasteiger charge is -2.17. The molecule has 0 unspecified atom stereocenters. The van der Waals surface area contributed by atoms with Crippen molar-refractivity contribution in [3.05, 3.63) is 59.1 Å². The third-order valence-electron chi connectivity index (χ3n) is 4.35. The van der Waals surface area contributed by atoms with Crippen molar-refractivity contribution in [3.8, 4) is 17.1 Å². The highest BCUT2D eigenvalue weighted by Crippen LogP contribution is 2.32. The lowest BCUT2D eigenvalue weighted by molar-refractivity contribution is -0.117. The van der Waals surface area contributed by atoms with Crippen molar-refractivity contribution in [1.29, 1.82) is 0 Å². The van der Waals surface area contributed by atoms with Gasteiger partial charge in [0.25, 0.3) is 0 Å². The third kappa shape index (κ3) is 5.01. The van der Waals surface area contributed by atoms with Crippen molar-refractivity contribution in [1.82, 2.24) is 25.4 Å². The quantitative estimate of drug-likeness (QED) is 0.555. The highest BCUT2D eigenvalue weighted by molar-refractivity contribution is 7.99. The maximum absolute atomic E-state index is 12.1. The molecule has 0 saturated carbocycles. The largest absolute Gasteiger partial charge is 0.341 e. The minimum absolute atomic E-state index is 0.0238. The lowest BCUT2D eigenvalue weighted by atomic mass is 10.0. The van der Waals surface area contributed by atoms with Crippen molar-refractivity contribution in [3.63, 3.8) is 0 Å². The van der Waals surface area contributed by atoms with Crippen LogP contribution in [0.25, 0.3) is 17.1 Å². The van der Waals surface area contributed by atoms with Crippen LogP contribution < -0.4 is 10.6 Å². The molecular formula is C21H22ClN5O2S. The summed E-state index contributed by atoms with van der Waals surface area (Å²) in [5, 5.41) is 14.5. The number of hydrogen-bond acceptors (Lipinski definition) is 5. The van der Waals surface area contributed by atoms with Crippen molar-refractivity contribution in [2.75, 3.05) is 12.8 Å². The Balaban J connectivity index is 2.03. The number of carbonyl (C=O) groups excluding carboxylic acids is 2. The van der Waals surface area contributed by atoms with E-state index < -0.39 is 11.9 Å². The zero-order valence-electron chi connectivity index (χ0n) is 16.8. The van der Waals surface area contributed by atoms with Gasteiger partial charge in [-0.3, -0.25) is 14.7 Å². The number of imide groups is 1. The second-order valence-electron chi connectivity index (χ2n) is 6.78. The molecule has 1 heterocycles. The average molecular weight is 444 g/mol. The van der Waals surface area contributed by atoms with Gasteiger partial charge in [-0.2, -0.15) is 0 Å². The molecule has 156 valence electrons. The lowest BCUT2D eigenvalue weighted by Crippen LogP contribution is -2.38. The van der Waals surface area contributed by atoms with Gasteiger partial charge in [0.1, 0.15) is 0 Å². The Hall–Kier alpha value is -2.84. The summed E-state index contributed by atoms with van der Waals surface area (Å²) in [7, 11) is 1.45. The summed E-state index contributed by atoms with van der Waals surface area (Å²) in [4.78, 5) is 23.4. The van der Waals surface area contributed by atoms with E-state index >= 15 is 0 Å². The number of hydrogen-bond donors (Lipinski definition) is 2. The van der Waals surface area contributed by atoms with Crippen LogP contribution in [0, 0.1) is 0 Å². The standard InChI is InChI=1S/C21H22ClN5O2S/c1-13(2)16-6-4-5-7-17(16)27-19(14-8-10-15(22)11-9-14)25-26-21(27)30-12-18(28)24-20(29)23-3/h4-11,13H,12H2,1-3H3,(H2,23,24,28,29). The SMILES string of the molecule is CNC(=O)NC(=O)CSc1nnc(-c2ccc(Cl)cc2)n1-c1ccccc1C(C)C. The highest BCUT2D eigenvalue weighted by atomic mass is 35.5. The Labute approximate surface area is 184 Å². The maximum atomic E-state index is 12.1. The minimum atomic E-state index is -0.547. The molecule has 0 radical (unpaired) electrons. The van der Waals surface area contributed by atoms with Gasteiger partial charge in [0.2, 0.25) is 5.91 Å². The second kappa shape index (κ2) is 9.77. The molecule has 0 bridgehead atoms. The maximum Gasteiger partial charge on any atom is 0.321 e. The molecule has 0 atom stereocenters. The van der Waals surface area contributed by atoms with E-state index in [1.165, 1.54) is 18.8 Å². The first-order chi connectivity index (χ1) is 14.4. The van der Waals surface area contributed by atoms with E-state index in [2.05, 4.69) is 40.7 Å². The van der Waals surface area contributed by atoms with Gasteiger partial charge >= 0.3 is 6.03 Å². The summed E-state index contributed by atoms with van der Waals surface area (Å²) in [5.74, 6) is 0.528. The van der Waals surface area contributed by atoms with Gasteiger partial charge in [-0.1, -0.05) is 55.4 Å². The van der Waals surface area contributed by atoms with Crippen LogP contribution in [0.5, 0.6) is 0 Å². The number of amides is 3. The van der Waals surface area contributed by atoms with Gasteiger partial charge in [0, 0.05) is 17.6 Å². The van der Waals surface area contributed by atoms with E-state index in [-0.39, 0.29) is 11.7 Å². The molecule has 0 aliphatic heterocycles. The fourth-order valence-corrected chi connectivity index (χ4v) is 3.77. The molecule has 3 amide bonds. The first-order valence-electron chi connectivity index (χ1n) is 9.35. The molecule has 0 spiro atoms. The Morgan fingerprint density at radius 3 is 2.47 bits per heavy atom. The van der Waals surface area contributed by atoms with Crippen molar-refractivity contribution in [2.24, 2.45) is 0 Å². The topological polar surface area (TPSA) is 88.9 Å². The van der Waals surface area contributed by atoms with Crippen LogP contribution in [0.3, 0.4) is 0 Å². The normalized spacial score (nSPS) is 10.8. The number of nitrogens with zero attached hydrogens (tertiary/aromatic N) is 3. The molecule has 2 aromatic carbocycles. The molecule has 0 fully saturated rings. The van der Waals surface area contributed by atoms with Crippen LogP contribution in [0.4, 0.5) is 4.79 Å². The Bertz CT molecular complexity index is 1050. The first kappa shape index (κ1) is 21.9. The van der Waals surface area contributed by atoms with Crippen molar-refractivity contribution >= 4 is 35.3 Å². The first-order valence-corrected chi connectivity index (χ1v) is 10.7. The highest BCUT2D eigenvalue weighted by Gasteiger charge is 2.20. The van der Waals surface area contributed by atoms with Crippen LogP contribution in [0.1, 0.15) is 25.3 Å². The Morgan fingerprint density at radius 2 is 1.80 bits per heavy atom. The predicted molar refractivity (Wildman–Crippen MR) is 119 cm³/mol. The van der Waals surface area contributed by atoms with E-state index in [1.54, 1.807) is 12.1 Å². The summed E-state index contributed by atoms with van der Waals surface area (Å²) >= 11 is 7.25. The van der Waals surface area contributed by atoms with Gasteiger partial charge in [-0.15, -0.1) is 10.2 Å². The number of halogens is 1. The summed E-state index contributed by atoms with van der Waals surface area (Å²) in [6.45, 7) is 4.24. The molecule has 0 aliphatic rings. The number of nitrogens with one attached hydrogen (secondary N) is 2. The number of para-hydroxylation sites is 1. The van der Waals surface area contributed by atoms with Crippen LogP contribution in [0.15, 0.2) is 53.7 Å². The van der Waals surface area contributed by atoms with E-state index in [9.17, 15) is 9.59 Å². The van der Waals surface area contributed by atoms with Gasteiger partial charge in [-0.25, -0.2) is 4.79 Å². The van der Waals surface area contributed by atoms with Crippen LogP contribution >= 0.6 is 23.4 Å². The van der Waals surface area contributed by atoms with Gasteiger partial charge < -0.3 is 5.32 Å². The van der Waals surface area contributed by atoms with Gasteiger partial charge in [0.15, 0.2) is 11.0 Å². The fraction of sp³-hybridized carbons (Fsp3) is 0.238. The van der Waals surface area contributed by atoms with Crippen LogP contribution in [0.2, 0.25) is 5.02 Å². The van der Waals surface area contributed by atoms with Gasteiger partial charge in [0.05, 0.1) is 11.4 Å². The summed E-state index contributed by atoms with van der Waals surface area (Å²) < 4.78 is 1.94. The molecule has 30 heavy (non-hydrogen) atoms. The van der Waals surface area contributed by atoms with Crippen molar-refractivity contribution < 1.29 is 9.59 Å². The Kier molecular flexibility index (Phi) is 7.12. The van der Waals surface area contributed by atoms with Gasteiger partial charge in [-0.05, 0) is 41.8 Å². The van der Waals surface area contributed by atoms with Crippen molar-refractivity contribution in [2.45, 2.75) is 24.9 Å². The molecule has 0 aliphatic carbocycles. The number of thioether (sulfide) groups is 1. The zero-order chi connectivity index (χ0) is 21.7. The van der Waals surface area contributed by atoms with E-state index in [0.29, 0.717) is 16.0 Å². The number of urea groups is 1. The molecular weight excluding hydrogens is 422 g/mol. The molecule has 7 nitrogen and oxygen atoms in total. The zero-order valence-corrected chi connectivity index (χ0v) is 18.4. The molecule has 9 heteroatoms. The number of aromatic nitrogens is 3. The molecule has 0 saturated heterocycles. The fourth-order valence-electron chi connectivity index (χ4n) is 2.90. The molecule has 3 aromatic rings.